The molecule has 0 spiro atoms. The summed E-state index contributed by atoms with van der Waals surface area (Å²) in [6.07, 6.45) is 0. The third-order valence-electron chi connectivity index (χ3n) is 3.87. The van der Waals surface area contributed by atoms with Gasteiger partial charge < -0.3 is 4.57 Å². The molecule has 0 unspecified atom stereocenters. The lowest BCUT2D eigenvalue weighted by molar-refractivity contribution is 0.775. The van der Waals surface area contributed by atoms with Crippen LogP contribution < -0.4 is 5.56 Å². The maximum atomic E-state index is 12.8. The van der Waals surface area contributed by atoms with Crippen molar-refractivity contribution < 1.29 is 0 Å². The average Bonchev–Trinajstić information content (AvgIpc) is 2.60. The fourth-order valence-electron chi connectivity index (χ4n) is 2.29. The van der Waals surface area contributed by atoms with Gasteiger partial charge in [-0.3, -0.25) is 4.79 Å². The van der Waals surface area contributed by atoms with Crippen LogP contribution in [0.2, 0.25) is 0 Å². The zero-order valence-electron chi connectivity index (χ0n) is 14.2. The lowest BCUT2D eigenvalue weighted by atomic mass is 10.2. The van der Waals surface area contributed by atoms with E-state index in [4.69, 9.17) is 0 Å². The molecule has 0 aliphatic carbocycles. The summed E-state index contributed by atoms with van der Waals surface area (Å²) >= 11 is 6.62. The van der Waals surface area contributed by atoms with Gasteiger partial charge in [-0.25, -0.2) is 0 Å². The highest BCUT2D eigenvalue weighted by Crippen LogP contribution is 2.37. The Kier molecular flexibility index (Phi) is 5.77. The molecule has 0 aliphatic rings. The maximum Gasteiger partial charge on any atom is 0.265 e. The average molecular weight is 432 g/mol. The first-order valence-electron chi connectivity index (χ1n) is 7.82. The summed E-state index contributed by atoms with van der Waals surface area (Å²) < 4.78 is 2.76. The second kappa shape index (κ2) is 7.85. The fraction of sp³-hybridized carbons (Fsp3) is 0.150. The van der Waals surface area contributed by atoms with Gasteiger partial charge in [0.2, 0.25) is 0 Å². The van der Waals surface area contributed by atoms with Crippen LogP contribution in [0.1, 0.15) is 11.3 Å². The van der Waals surface area contributed by atoms with Gasteiger partial charge in [-0.1, -0.05) is 57.1 Å². The van der Waals surface area contributed by atoms with E-state index in [0.29, 0.717) is 0 Å². The highest BCUT2D eigenvalue weighted by molar-refractivity contribution is 9.10. The van der Waals surface area contributed by atoms with Crippen LogP contribution in [-0.4, -0.2) is 4.57 Å². The molecule has 128 valence electrons. The third kappa shape index (κ3) is 4.40. The van der Waals surface area contributed by atoms with Crippen molar-refractivity contribution in [3.8, 4) is 0 Å². The van der Waals surface area contributed by atoms with Crippen LogP contribution >= 0.6 is 39.5 Å². The molecule has 5 heteroatoms. The number of hydrogen-bond acceptors (Lipinski definition) is 3. The molecule has 1 heterocycles. The van der Waals surface area contributed by atoms with Gasteiger partial charge in [-0.05, 0) is 56.3 Å². The number of nitrogens with zero attached hydrogens (tertiary/aromatic N) is 1. The summed E-state index contributed by atoms with van der Waals surface area (Å²) in [6, 6.07) is 18.5. The van der Waals surface area contributed by atoms with Gasteiger partial charge in [0, 0.05) is 31.9 Å². The molecule has 25 heavy (non-hydrogen) atoms. The summed E-state index contributed by atoms with van der Waals surface area (Å²) in [6.45, 7) is 4.03. The van der Waals surface area contributed by atoms with E-state index in [2.05, 4.69) is 65.3 Å². The Morgan fingerprint density at radius 3 is 2.08 bits per heavy atom. The third-order valence-corrected chi connectivity index (χ3v) is 6.69. The Morgan fingerprint density at radius 1 is 0.880 bits per heavy atom. The number of aromatic nitrogens is 1. The molecule has 0 aliphatic heterocycles. The molecule has 0 bridgehead atoms. The number of rotatable bonds is 4. The Labute approximate surface area is 164 Å². The second-order valence-corrected chi connectivity index (χ2v) is 8.93. The molecule has 0 saturated heterocycles. The molecule has 0 atom stereocenters. The standard InChI is InChI=1S/C20H18BrNOS2/c1-13-4-8-17(9-5-13)25-19-18(12-14(2)22(3)20(19)23)24-16-10-6-15(21)7-11-16/h4-12H,1-3H3. The van der Waals surface area contributed by atoms with Gasteiger partial charge in [-0.15, -0.1) is 0 Å². The van der Waals surface area contributed by atoms with E-state index >= 15 is 0 Å². The molecular formula is C20H18BrNOS2. The monoisotopic (exact) mass is 431 g/mol. The first kappa shape index (κ1) is 18.4. The van der Waals surface area contributed by atoms with E-state index in [-0.39, 0.29) is 5.56 Å². The number of halogens is 1. The van der Waals surface area contributed by atoms with Gasteiger partial charge in [0.25, 0.3) is 5.56 Å². The summed E-state index contributed by atoms with van der Waals surface area (Å²) in [5.74, 6) is 0. The van der Waals surface area contributed by atoms with Crippen LogP contribution in [0.3, 0.4) is 0 Å². The van der Waals surface area contributed by atoms with Gasteiger partial charge in [-0.2, -0.15) is 0 Å². The lowest BCUT2D eigenvalue weighted by Gasteiger charge is -2.13. The topological polar surface area (TPSA) is 22.0 Å². The first-order valence-corrected chi connectivity index (χ1v) is 10.3. The fourth-order valence-corrected chi connectivity index (χ4v) is 4.64. The van der Waals surface area contributed by atoms with Gasteiger partial charge in [0.15, 0.2) is 0 Å². The van der Waals surface area contributed by atoms with Crippen LogP contribution in [0.5, 0.6) is 0 Å². The molecule has 0 fully saturated rings. The van der Waals surface area contributed by atoms with Crippen molar-refractivity contribution in [1.82, 2.24) is 4.57 Å². The van der Waals surface area contributed by atoms with Crippen molar-refractivity contribution in [3.63, 3.8) is 0 Å². The SMILES string of the molecule is Cc1ccc(Sc2c(Sc3ccc(Br)cc3)cc(C)n(C)c2=O)cc1. The lowest BCUT2D eigenvalue weighted by Crippen LogP contribution is -2.21. The molecule has 2 nitrogen and oxygen atoms in total. The van der Waals surface area contributed by atoms with Crippen molar-refractivity contribution >= 4 is 39.5 Å². The molecule has 0 radical (unpaired) electrons. The van der Waals surface area contributed by atoms with Crippen LogP contribution in [0.25, 0.3) is 0 Å². The number of hydrogen-bond donors (Lipinski definition) is 0. The molecule has 3 rings (SSSR count). The molecule has 2 aromatic carbocycles. The summed E-state index contributed by atoms with van der Waals surface area (Å²) in [7, 11) is 1.82. The molecule has 3 aromatic rings. The van der Waals surface area contributed by atoms with E-state index in [1.807, 2.05) is 26.1 Å². The van der Waals surface area contributed by atoms with Crippen molar-refractivity contribution in [1.29, 1.82) is 0 Å². The minimum Gasteiger partial charge on any atom is -0.315 e. The Bertz CT molecular complexity index is 947. The van der Waals surface area contributed by atoms with E-state index in [0.717, 1.165) is 29.7 Å². The highest BCUT2D eigenvalue weighted by atomic mass is 79.9. The normalized spacial score (nSPS) is 10.9. The van der Waals surface area contributed by atoms with Crippen LogP contribution in [0.15, 0.2) is 83.4 Å². The smallest absolute Gasteiger partial charge is 0.265 e. The van der Waals surface area contributed by atoms with Crippen molar-refractivity contribution in [2.24, 2.45) is 7.05 Å². The van der Waals surface area contributed by atoms with Gasteiger partial charge >= 0.3 is 0 Å². The minimum absolute atomic E-state index is 0.0465. The van der Waals surface area contributed by atoms with Crippen molar-refractivity contribution in [2.75, 3.05) is 0 Å². The number of benzene rings is 2. The zero-order chi connectivity index (χ0) is 18.0. The van der Waals surface area contributed by atoms with Crippen LogP contribution in [0, 0.1) is 13.8 Å². The molecule has 0 saturated carbocycles. The Morgan fingerprint density at radius 2 is 1.44 bits per heavy atom. The van der Waals surface area contributed by atoms with Crippen LogP contribution in [0.4, 0.5) is 0 Å². The van der Waals surface area contributed by atoms with E-state index < -0.39 is 0 Å². The minimum atomic E-state index is 0.0465. The Hall–Kier alpha value is -1.43. The summed E-state index contributed by atoms with van der Waals surface area (Å²) in [5.41, 5.74) is 2.22. The largest absolute Gasteiger partial charge is 0.315 e. The summed E-state index contributed by atoms with van der Waals surface area (Å²) in [5, 5.41) is 0. The number of aryl methyl sites for hydroxylation is 2. The molecular weight excluding hydrogens is 414 g/mol. The molecule has 0 N–H and O–H groups in total. The highest BCUT2D eigenvalue weighted by Gasteiger charge is 2.14. The van der Waals surface area contributed by atoms with E-state index in [1.54, 1.807) is 16.3 Å². The number of pyridine rings is 1. The predicted molar refractivity (Wildman–Crippen MR) is 110 cm³/mol. The van der Waals surface area contributed by atoms with Crippen molar-refractivity contribution in [2.45, 2.75) is 33.4 Å². The quantitative estimate of drug-likeness (QED) is 0.500. The summed E-state index contributed by atoms with van der Waals surface area (Å²) in [4.78, 5) is 16.8. The van der Waals surface area contributed by atoms with E-state index in [1.165, 1.54) is 17.3 Å². The van der Waals surface area contributed by atoms with Gasteiger partial charge in [0.1, 0.15) is 0 Å². The van der Waals surface area contributed by atoms with E-state index in [9.17, 15) is 4.79 Å². The predicted octanol–water partition coefficient (Wildman–Crippen LogP) is 6.07. The van der Waals surface area contributed by atoms with Gasteiger partial charge in [0.05, 0.1) is 4.90 Å². The van der Waals surface area contributed by atoms with Crippen LogP contribution in [-0.2, 0) is 7.05 Å². The van der Waals surface area contributed by atoms with Crippen molar-refractivity contribution in [3.05, 3.63) is 80.7 Å². The second-order valence-electron chi connectivity index (χ2n) is 5.81. The maximum absolute atomic E-state index is 12.8. The zero-order valence-corrected chi connectivity index (χ0v) is 17.5. The molecule has 0 amide bonds. The first-order chi connectivity index (χ1) is 11.9. The molecule has 1 aromatic heterocycles. The Balaban J connectivity index is 2.02.